The van der Waals surface area contributed by atoms with E-state index in [2.05, 4.69) is 10.6 Å². The van der Waals surface area contributed by atoms with Gasteiger partial charge in [0.15, 0.2) is 12.4 Å². The Hall–Kier alpha value is -2.32. The lowest BCUT2D eigenvalue weighted by atomic mass is 10.2. The van der Waals surface area contributed by atoms with E-state index in [-0.39, 0.29) is 18.3 Å². The first kappa shape index (κ1) is 15.1. The van der Waals surface area contributed by atoms with E-state index in [1.54, 1.807) is 29.3 Å². The summed E-state index contributed by atoms with van der Waals surface area (Å²) in [6.07, 6.45) is 0. The van der Waals surface area contributed by atoms with Crippen molar-refractivity contribution >= 4 is 11.7 Å². The van der Waals surface area contributed by atoms with Gasteiger partial charge in [-0.25, -0.2) is 5.01 Å². The van der Waals surface area contributed by atoms with Gasteiger partial charge in [0.05, 0.1) is 13.2 Å². The van der Waals surface area contributed by atoms with Gasteiger partial charge in [0, 0.05) is 18.7 Å². The number of rotatable bonds is 5. The smallest absolute Gasteiger partial charge is 0.272 e. The molecular formula is C13H18N4O4. The fraction of sp³-hybridized carbons (Fsp3) is 0.385. The summed E-state index contributed by atoms with van der Waals surface area (Å²) in [5.74, 6) is 0.325. The molecule has 2 rings (SSSR count). The predicted molar refractivity (Wildman–Crippen MR) is 75.0 cm³/mol. The third kappa shape index (κ3) is 4.62. The summed E-state index contributed by atoms with van der Waals surface area (Å²) in [6, 6.07) is 6.58. The summed E-state index contributed by atoms with van der Waals surface area (Å²) in [5.41, 5.74) is 8.77. The van der Waals surface area contributed by atoms with Crippen molar-refractivity contribution in [2.45, 2.75) is 0 Å². The van der Waals surface area contributed by atoms with Crippen LogP contribution in [0.1, 0.15) is 5.56 Å². The summed E-state index contributed by atoms with van der Waals surface area (Å²) < 4.78 is 10.6. The monoisotopic (exact) mass is 294 g/mol. The van der Waals surface area contributed by atoms with E-state index in [0.29, 0.717) is 37.6 Å². The van der Waals surface area contributed by atoms with Crippen LogP contribution >= 0.6 is 0 Å². The molecule has 8 nitrogen and oxygen atoms in total. The number of hydrogen-bond acceptors (Lipinski definition) is 6. The molecule has 1 fully saturated rings. The Labute approximate surface area is 122 Å². The number of nitrogens with one attached hydrogen (secondary N) is 1. The maximum absolute atomic E-state index is 11.7. The van der Waals surface area contributed by atoms with Gasteiger partial charge in [-0.05, 0) is 24.3 Å². The first-order valence-electron chi connectivity index (χ1n) is 6.52. The molecule has 0 spiro atoms. The molecule has 1 aromatic carbocycles. The van der Waals surface area contributed by atoms with Crippen molar-refractivity contribution in [3.8, 4) is 5.75 Å². The van der Waals surface area contributed by atoms with E-state index < -0.39 is 0 Å². The molecule has 0 unspecified atom stereocenters. The van der Waals surface area contributed by atoms with Crippen molar-refractivity contribution in [2.75, 3.05) is 32.9 Å². The average molecular weight is 294 g/mol. The second-order valence-electron chi connectivity index (χ2n) is 4.43. The second-order valence-corrected chi connectivity index (χ2v) is 4.43. The predicted octanol–water partition coefficient (Wildman–Crippen LogP) is -0.477. The summed E-state index contributed by atoms with van der Waals surface area (Å²) in [4.78, 5) is 11.7. The maximum atomic E-state index is 11.7. The van der Waals surface area contributed by atoms with Crippen LogP contribution in [0.3, 0.4) is 0 Å². The van der Waals surface area contributed by atoms with Crippen LogP contribution in [0.15, 0.2) is 29.4 Å². The molecule has 0 aromatic heterocycles. The van der Waals surface area contributed by atoms with Gasteiger partial charge in [0.2, 0.25) is 0 Å². The molecule has 1 aromatic rings. The van der Waals surface area contributed by atoms with Crippen molar-refractivity contribution in [1.82, 2.24) is 10.4 Å². The Bertz CT molecular complexity index is 497. The Kier molecular flexibility index (Phi) is 5.35. The van der Waals surface area contributed by atoms with Crippen LogP contribution in [0.25, 0.3) is 0 Å². The van der Waals surface area contributed by atoms with Crippen molar-refractivity contribution in [3.05, 3.63) is 29.8 Å². The minimum Gasteiger partial charge on any atom is -0.484 e. The van der Waals surface area contributed by atoms with Gasteiger partial charge in [-0.2, -0.15) is 0 Å². The molecule has 0 radical (unpaired) electrons. The molecule has 0 aliphatic carbocycles. The number of nitrogens with zero attached hydrogens (tertiary/aromatic N) is 2. The molecule has 1 aliphatic heterocycles. The van der Waals surface area contributed by atoms with Crippen LogP contribution in [0, 0.1) is 0 Å². The van der Waals surface area contributed by atoms with Crippen LogP contribution < -0.4 is 15.9 Å². The molecule has 0 atom stereocenters. The third-order valence-corrected chi connectivity index (χ3v) is 2.92. The second kappa shape index (κ2) is 7.46. The van der Waals surface area contributed by atoms with Crippen LogP contribution in [0.2, 0.25) is 0 Å². The van der Waals surface area contributed by atoms with Gasteiger partial charge >= 0.3 is 0 Å². The van der Waals surface area contributed by atoms with Gasteiger partial charge in [-0.15, -0.1) is 0 Å². The normalized spacial score (nSPS) is 16.5. The minimum atomic E-state index is -0.225. The number of carbonyl (C=O) groups is 1. The number of amidine groups is 1. The van der Waals surface area contributed by atoms with Crippen molar-refractivity contribution in [2.24, 2.45) is 10.9 Å². The standard InChI is InChI=1S/C13H18N4O4/c14-13(16-19)10-1-3-11(4-2-10)21-9-12(18)15-17-5-7-20-8-6-17/h1-4,19H,5-9H2,(H2,14,16)(H,15,18). The minimum absolute atomic E-state index is 0.0200. The highest BCUT2D eigenvalue weighted by Crippen LogP contribution is 2.11. The summed E-state index contributed by atoms with van der Waals surface area (Å²) in [5, 5.41) is 13.3. The molecule has 4 N–H and O–H groups in total. The Morgan fingerprint density at radius 2 is 2.05 bits per heavy atom. The molecule has 1 heterocycles. The lowest BCUT2D eigenvalue weighted by molar-refractivity contribution is -0.130. The molecular weight excluding hydrogens is 276 g/mol. The number of hydrogen-bond donors (Lipinski definition) is 3. The lowest BCUT2D eigenvalue weighted by Gasteiger charge is -2.26. The molecule has 1 aliphatic rings. The van der Waals surface area contributed by atoms with E-state index in [4.69, 9.17) is 20.4 Å². The zero-order chi connectivity index (χ0) is 15.1. The highest BCUT2D eigenvalue weighted by atomic mass is 16.5. The first-order valence-corrected chi connectivity index (χ1v) is 6.52. The van der Waals surface area contributed by atoms with E-state index in [1.165, 1.54) is 0 Å². The SMILES string of the molecule is N/C(=N/O)c1ccc(OCC(=O)NN2CCOCC2)cc1. The summed E-state index contributed by atoms with van der Waals surface area (Å²) >= 11 is 0. The third-order valence-electron chi connectivity index (χ3n) is 2.92. The topological polar surface area (TPSA) is 109 Å². The number of morpholine rings is 1. The first-order chi connectivity index (χ1) is 10.2. The number of hydrazine groups is 1. The Morgan fingerprint density at radius 3 is 2.67 bits per heavy atom. The quantitative estimate of drug-likeness (QED) is 0.293. The number of oxime groups is 1. The number of carbonyl (C=O) groups excluding carboxylic acids is 1. The zero-order valence-electron chi connectivity index (χ0n) is 11.5. The zero-order valence-corrected chi connectivity index (χ0v) is 11.5. The van der Waals surface area contributed by atoms with E-state index in [0.717, 1.165) is 0 Å². The molecule has 8 heteroatoms. The Morgan fingerprint density at radius 1 is 1.38 bits per heavy atom. The van der Waals surface area contributed by atoms with Crippen molar-refractivity contribution in [1.29, 1.82) is 0 Å². The lowest BCUT2D eigenvalue weighted by Crippen LogP contribution is -2.49. The maximum Gasteiger partial charge on any atom is 0.272 e. The van der Waals surface area contributed by atoms with E-state index >= 15 is 0 Å². The van der Waals surface area contributed by atoms with Crippen molar-refractivity contribution < 1.29 is 19.5 Å². The van der Waals surface area contributed by atoms with Gasteiger partial charge < -0.3 is 20.4 Å². The van der Waals surface area contributed by atoms with Gasteiger partial charge in [0.25, 0.3) is 5.91 Å². The van der Waals surface area contributed by atoms with Crippen LogP contribution in [-0.4, -0.2) is 54.9 Å². The molecule has 0 saturated carbocycles. The molecule has 0 bridgehead atoms. The van der Waals surface area contributed by atoms with Crippen LogP contribution in [0.4, 0.5) is 0 Å². The number of nitrogens with two attached hydrogens (primary N) is 1. The molecule has 1 amide bonds. The van der Waals surface area contributed by atoms with Crippen molar-refractivity contribution in [3.63, 3.8) is 0 Å². The summed E-state index contributed by atoms with van der Waals surface area (Å²) in [7, 11) is 0. The van der Waals surface area contributed by atoms with E-state index in [9.17, 15) is 4.79 Å². The fourth-order valence-corrected chi connectivity index (χ4v) is 1.81. The van der Waals surface area contributed by atoms with Crippen LogP contribution in [-0.2, 0) is 9.53 Å². The van der Waals surface area contributed by atoms with Gasteiger partial charge in [0.1, 0.15) is 5.75 Å². The molecule has 1 saturated heterocycles. The highest BCUT2D eigenvalue weighted by molar-refractivity contribution is 5.97. The highest BCUT2D eigenvalue weighted by Gasteiger charge is 2.13. The number of amides is 1. The fourth-order valence-electron chi connectivity index (χ4n) is 1.81. The number of ether oxygens (including phenoxy) is 2. The largest absolute Gasteiger partial charge is 0.484 e. The van der Waals surface area contributed by atoms with Gasteiger partial charge in [-0.1, -0.05) is 5.16 Å². The van der Waals surface area contributed by atoms with E-state index in [1.807, 2.05) is 0 Å². The Balaban J connectivity index is 1.78. The number of benzene rings is 1. The summed E-state index contributed by atoms with van der Waals surface area (Å²) in [6.45, 7) is 2.47. The average Bonchev–Trinajstić information content (AvgIpc) is 2.53. The van der Waals surface area contributed by atoms with Gasteiger partial charge in [-0.3, -0.25) is 10.2 Å². The van der Waals surface area contributed by atoms with Crippen LogP contribution in [0.5, 0.6) is 5.75 Å². The molecule has 21 heavy (non-hydrogen) atoms. The molecule has 114 valence electrons.